The summed E-state index contributed by atoms with van der Waals surface area (Å²) < 4.78 is 0. The molecule has 1 aliphatic heterocycles. The van der Waals surface area contributed by atoms with E-state index >= 15 is 0 Å². The summed E-state index contributed by atoms with van der Waals surface area (Å²) in [5.41, 5.74) is 2.02. The second-order valence-electron chi connectivity index (χ2n) is 4.08. The van der Waals surface area contributed by atoms with Crippen molar-refractivity contribution in [2.75, 3.05) is 6.54 Å². The highest BCUT2D eigenvalue weighted by atomic mass is 16.4. The van der Waals surface area contributed by atoms with Crippen molar-refractivity contribution in [1.82, 2.24) is 5.32 Å². The van der Waals surface area contributed by atoms with E-state index in [4.69, 9.17) is 5.11 Å². The summed E-state index contributed by atoms with van der Waals surface area (Å²) in [6.07, 6.45) is 0. The van der Waals surface area contributed by atoms with Crippen LogP contribution < -0.4 is 5.32 Å². The third kappa shape index (κ3) is 1.78. The van der Waals surface area contributed by atoms with E-state index in [1.165, 1.54) is 0 Å². The maximum atomic E-state index is 11.4. The van der Waals surface area contributed by atoms with Crippen LogP contribution in [0.15, 0.2) is 24.3 Å². The van der Waals surface area contributed by atoms with Gasteiger partial charge in [-0.2, -0.15) is 0 Å². The fourth-order valence-corrected chi connectivity index (χ4v) is 2.03. The van der Waals surface area contributed by atoms with E-state index < -0.39 is 17.8 Å². The summed E-state index contributed by atoms with van der Waals surface area (Å²) in [4.78, 5) is 22.4. The Morgan fingerprint density at radius 3 is 2.56 bits per heavy atom. The van der Waals surface area contributed by atoms with Gasteiger partial charge < -0.3 is 10.4 Å². The van der Waals surface area contributed by atoms with Gasteiger partial charge in [0.1, 0.15) is 5.92 Å². The Hall–Kier alpha value is -1.84. The first kappa shape index (κ1) is 10.7. The van der Waals surface area contributed by atoms with Crippen LogP contribution in [0.2, 0.25) is 0 Å². The molecule has 1 amide bonds. The first-order valence-corrected chi connectivity index (χ1v) is 5.16. The minimum absolute atomic E-state index is 0.259. The minimum atomic E-state index is -1.06. The number of carboxylic acids is 1. The molecule has 1 aromatic carbocycles. The van der Waals surface area contributed by atoms with Crippen LogP contribution in [0.3, 0.4) is 0 Å². The normalized spacial score (nSPS) is 24.2. The minimum Gasteiger partial charge on any atom is -0.481 e. The van der Waals surface area contributed by atoms with Crippen molar-refractivity contribution < 1.29 is 14.7 Å². The second-order valence-corrected chi connectivity index (χ2v) is 4.08. The Bertz CT molecular complexity index is 424. The average molecular weight is 219 g/mol. The highest BCUT2D eigenvalue weighted by Crippen LogP contribution is 2.29. The van der Waals surface area contributed by atoms with E-state index in [9.17, 15) is 9.59 Å². The first-order chi connectivity index (χ1) is 7.59. The van der Waals surface area contributed by atoms with Gasteiger partial charge in [-0.3, -0.25) is 9.59 Å². The molecule has 1 fully saturated rings. The summed E-state index contributed by atoms with van der Waals surface area (Å²) in [6, 6.07) is 7.63. The molecule has 2 rings (SSSR count). The highest BCUT2D eigenvalue weighted by molar-refractivity contribution is 5.99. The number of amides is 1. The number of hydrogen-bond acceptors (Lipinski definition) is 2. The molecule has 1 aliphatic rings. The Morgan fingerprint density at radius 2 is 2.00 bits per heavy atom. The SMILES string of the molecule is Cc1ccc([C@@H]2CNC(=O)[C@H]2C(=O)O)cc1. The van der Waals surface area contributed by atoms with Crippen molar-refractivity contribution in [3.05, 3.63) is 35.4 Å². The molecule has 2 N–H and O–H groups in total. The molecular weight excluding hydrogens is 206 g/mol. The smallest absolute Gasteiger partial charge is 0.316 e. The zero-order valence-corrected chi connectivity index (χ0v) is 8.93. The van der Waals surface area contributed by atoms with Gasteiger partial charge >= 0.3 is 5.97 Å². The quantitative estimate of drug-likeness (QED) is 0.726. The molecule has 84 valence electrons. The molecule has 1 heterocycles. The van der Waals surface area contributed by atoms with Crippen LogP contribution in [-0.2, 0) is 9.59 Å². The van der Waals surface area contributed by atoms with Gasteiger partial charge in [-0.1, -0.05) is 29.8 Å². The number of hydrogen-bond donors (Lipinski definition) is 2. The molecule has 16 heavy (non-hydrogen) atoms. The zero-order valence-electron chi connectivity index (χ0n) is 8.93. The molecule has 0 aliphatic carbocycles. The third-order valence-corrected chi connectivity index (χ3v) is 2.95. The van der Waals surface area contributed by atoms with Crippen LogP contribution in [0.1, 0.15) is 17.0 Å². The molecule has 1 aromatic rings. The van der Waals surface area contributed by atoms with Gasteiger partial charge in [0.2, 0.25) is 5.91 Å². The number of carbonyl (C=O) groups excluding carboxylic acids is 1. The van der Waals surface area contributed by atoms with Crippen LogP contribution in [0.5, 0.6) is 0 Å². The van der Waals surface area contributed by atoms with Crippen LogP contribution in [0.4, 0.5) is 0 Å². The lowest BCUT2D eigenvalue weighted by Crippen LogP contribution is -2.26. The number of carbonyl (C=O) groups is 2. The molecule has 1 saturated heterocycles. The molecule has 0 aromatic heterocycles. The van der Waals surface area contributed by atoms with Crippen LogP contribution in [-0.4, -0.2) is 23.5 Å². The van der Waals surface area contributed by atoms with E-state index in [-0.39, 0.29) is 5.92 Å². The predicted octanol–water partition coefficient (Wildman–Crippen LogP) is 0.909. The summed E-state index contributed by atoms with van der Waals surface area (Å²) in [5, 5.41) is 11.6. The third-order valence-electron chi connectivity index (χ3n) is 2.95. The lowest BCUT2D eigenvalue weighted by atomic mass is 9.88. The van der Waals surface area contributed by atoms with Gasteiger partial charge in [0, 0.05) is 12.5 Å². The van der Waals surface area contributed by atoms with E-state index in [1.807, 2.05) is 31.2 Å². The number of aliphatic carboxylic acids is 1. The fraction of sp³-hybridized carbons (Fsp3) is 0.333. The molecule has 0 radical (unpaired) electrons. The van der Waals surface area contributed by atoms with Crippen molar-refractivity contribution in [1.29, 1.82) is 0 Å². The first-order valence-electron chi connectivity index (χ1n) is 5.16. The van der Waals surface area contributed by atoms with Gasteiger partial charge in [0.15, 0.2) is 0 Å². The lowest BCUT2D eigenvalue weighted by molar-refractivity contribution is -0.145. The van der Waals surface area contributed by atoms with Crippen molar-refractivity contribution >= 4 is 11.9 Å². The van der Waals surface area contributed by atoms with Gasteiger partial charge in [0.05, 0.1) is 0 Å². The Morgan fingerprint density at radius 1 is 1.38 bits per heavy atom. The van der Waals surface area contributed by atoms with Crippen molar-refractivity contribution in [2.45, 2.75) is 12.8 Å². The predicted molar refractivity (Wildman–Crippen MR) is 58.1 cm³/mol. The van der Waals surface area contributed by atoms with Gasteiger partial charge in [-0.15, -0.1) is 0 Å². The molecule has 0 bridgehead atoms. The van der Waals surface area contributed by atoms with Gasteiger partial charge in [-0.25, -0.2) is 0 Å². The zero-order chi connectivity index (χ0) is 11.7. The molecule has 0 saturated carbocycles. The van der Waals surface area contributed by atoms with Crippen molar-refractivity contribution in [2.24, 2.45) is 5.92 Å². The standard InChI is InChI=1S/C12H13NO3/c1-7-2-4-8(5-3-7)9-6-13-11(14)10(9)12(15)16/h2-5,9-10H,6H2,1H3,(H,13,14)(H,15,16)/t9-,10-/m0/s1. The van der Waals surface area contributed by atoms with Crippen molar-refractivity contribution in [3.8, 4) is 0 Å². The Kier molecular flexibility index (Phi) is 2.64. The number of rotatable bonds is 2. The lowest BCUT2D eigenvalue weighted by Gasteiger charge is -2.13. The molecule has 2 atom stereocenters. The van der Waals surface area contributed by atoms with E-state index in [2.05, 4.69) is 5.32 Å². The summed E-state index contributed by atoms with van der Waals surface area (Å²) in [7, 11) is 0. The number of carboxylic acid groups (broad SMARTS) is 1. The monoisotopic (exact) mass is 219 g/mol. The molecule has 4 heteroatoms. The second kappa shape index (κ2) is 3.96. The van der Waals surface area contributed by atoms with E-state index in [0.29, 0.717) is 6.54 Å². The van der Waals surface area contributed by atoms with Crippen LogP contribution in [0.25, 0.3) is 0 Å². The topological polar surface area (TPSA) is 66.4 Å². The number of aryl methyl sites for hydroxylation is 1. The number of nitrogens with one attached hydrogen (secondary N) is 1. The Balaban J connectivity index is 2.30. The molecule has 4 nitrogen and oxygen atoms in total. The fourth-order valence-electron chi connectivity index (χ4n) is 2.03. The summed E-state index contributed by atoms with van der Waals surface area (Å²) in [5.74, 6) is -2.66. The number of benzene rings is 1. The molecule has 0 unspecified atom stereocenters. The average Bonchev–Trinajstić information content (AvgIpc) is 2.61. The van der Waals surface area contributed by atoms with Gasteiger partial charge in [0.25, 0.3) is 0 Å². The Labute approximate surface area is 93.3 Å². The van der Waals surface area contributed by atoms with Crippen LogP contribution >= 0.6 is 0 Å². The molecule has 0 spiro atoms. The van der Waals surface area contributed by atoms with E-state index in [1.54, 1.807) is 0 Å². The maximum Gasteiger partial charge on any atom is 0.316 e. The summed E-state index contributed by atoms with van der Waals surface area (Å²) >= 11 is 0. The largest absolute Gasteiger partial charge is 0.481 e. The maximum absolute atomic E-state index is 11.4. The molecular formula is C12H13NO3. The summed E-state index contributed by atoms with van der Waals surface area (Å²) in [6.45, 7) is 2.37. The van der Waals surface area contributed by atoms with Crippen LogP contribution in [0, 0.1) is 12.8 Å². The van der Waals surface area contributed by atoms with Crippen molar-refractivity contribution in [3.63, 3.8) is 0 Å². The highest BCUT2D eigenvalue weighted by Gasteiger charge is 2.40. The van der Waals surface area contributed by atoms with Gasteiger partial charge in [-0.05, 0) is 12.5 Å². The van der Waals surface area contributed by atoms with E-state index in [0.717, 1.165) is 11.1 Å².